The quantitative estimate of drug-likeness (QED) is 0.271. The van der Waals surface area contributed by atoms with Gasteiger partial charge in [0.05, 0.1) is 36.0 Å². The fourth-order valence-corrected chi connectivity index (χ4v) is 7.38. The van der Waals surface area contributed by atoms with Crippen LogP contribution in [-0.2, 0) is 27.5 Å². The van der Waals surface area contributed by atoms with Gasteiger partial charge in [0, 0.05) is 37.8 Å². The van der Waals surface area contributed by atoms with E-state index in [1.807, 2.05) is 25.8 Å². The van der Waals surface area contributed by atoms with Gasteiger partial charge in [0.1, 0.15) is 11.4 Å². The maximum absolute atomic E-state index is 14.4. The molecule has 0 unspecified atom stereocenters. The van der Waals surface area contributed by atoms with Crippen LogP contribution in [0.2, 0.25) is 0 Å². The van der Waals surface area contributed by atoms with Crippen LogP contribution in [0.5, 0.6) is 5.75 Å². The monoisotopic (exact) mass is 724 g/mol. The van der Waals surface area contributed by atoms with Crippen molar-refractivity contribution in [2.24, 2.45) is 5.92 Å². The number of carbonyl (C=O) groups is 1. The lowest BCUT2D eigenvalue weighted by atomic mass is 10.0. The second-order valence-corrected chi connectivity index (χ2v) is 14.8. The zero-order valence-corrected chi connectivity index (χ0v) is 30.1. The van der Waals surface area contributed by atoms with Crippen molar-refractivity contribution in [2.45, 2.75) is 89.7 Å². The molecule has 1 aliphatic heterocycles. The lowest BCUT2D eigenvalue weighted by Gasteiger charge is -2.36. The molecule has 1 aliphatic rings. The number of nitrogens with one attached hydrogen (secondary N) is 1. The number of aliphatic hydroxyl groups is 1. The normalized spacial score (nSPS) is 20.6. The summed E-state index contributed by atoms with van der Waals surface area (Å²) < 4.78 is 86.0. The van der Waals surface area contributed by atoms with Gasteiger partial charge in [-0.1, -0.05) is 24.2 Å². The zero-order valence-electron chi connectivity index (χ0n) is 29.3. The summed E-state index contributed by atoms with van der Waals surface area (Å²) in [6, 6.07) is 8.97. The van der Waals surface area contributed by atoms with Gasteiger partial charge in [-0.3, -0.25) is 14.4 Å². The van der Waals surface area contributed by atoms with Gasteiger partial charge in [0.25, 0.3) is 15.9 Å². The van der Waals surface area contributed by atoms with Crippen LogP contribution in [0.25, 0.3) is 0 Å². The van der Waals surface area contributed by atoms with Crippen molar-refractivity contribution >= 4 is 21.6 Å². The number of alkyl halides is 3. The maximum atomic E-state index is 14.4. The first kappa shape index (κ1) is 39.1. The van der Waals surface area contributed by atoms with Crippen LogP contribution in [0.1, 0.15) is 73.0 Å². The van der Waals surface area contributed by atoms with E-state index >= 15 is 0 Å². The molecule has 3 aromatic rings. The standard InChI is InChI=1S/C35H47F3N4O7S/c1-22-18-42(23(2)21-43)34(44)30-17-29(40-50(45,46)33-25(4)39-49-26(33)5)14-15-31(30)48-24(3)9-7-8-16-47-32(22)20-41(6)19-27-10-12-28(13-11-27)35(36,37)38/h10-15,17,22-24,32,40,43H,7-9,16,18-21H2,1-6H3/t22-,23+,24+,32+/m0/s1. The van der Waals surface area contributed by atoms with Crippen molar-refractivity contribution in [2.75, 3.05) is 38.1 Å². The summed E-state index contributed by atoms with van der Waals surface area (Å²) in [5.74, 6) is -0.296. The summed E-state index contributed by atoms with van der Waals surface area (Å²) in [4.78, 5) is 17.8. The number of hydrogen-bond donors (Lipinski definition) is 2. The number of ether oxygens (including phenoxy) is 2. The SMILES string of the molecule is Cc1noc(C)c1S(=O)(=O)Nc1ccc2c(c1)C(=O)N([C@H](C)CO)C[C@H](C)[C@@H](CN(C)Cc1ccc(C(F)(F)F)cc1)OCCCC[C@@H](C)O2. The van der Waals surface area contributed by atoms with Gasteiger partial charge in [0.15, 0.2) is 10.7 Å². The van der Waals surface area contributed by atoms with Gasteiger partial charge in [-0.15, -0.1) is 0 Å². The highest BCUT2D eigenvalue weighted by Gasteiger charge is 2.32. The highest BCUT2D eigenvalue weighted by Crippen LogP contribution is 2.31. The zero-order chi connectivity index (χ0) is 36.8. The molecule has 2 N–H and O–H groups in total. The molecule has 276 valence electrons. The lowest BCUT2D eigenvalue weighted by molar-refractivity contribution is -0.137. The minimum absolute atomic E-state index is 0.0903. The molecule has 0 fully saturated rings. The van der Waals surface area contributed by atoms with E-state index in [4.69, 9.17) is 14.0 Å². The predicted octanol–water partition coefficient (Wildman–Crippen LogP) is 6.04. The van der Waals surface area contributed by atoms with Gasteiger partial charge in [-0.05, 0) is 89.9 Å². The highest BCUT2D eigenvalue weighted by atomic mass is 32.2. The van der Waals surface area contributed by atoms with Gasteiger partial charge >= 0.3 is 6.18 Å². The van der Waals surface area contributed by atoms with Crippen molar-refractivity contribution < 1.29 is 45.5 Å². The molecule has 2 heterocycles. The van der Waals surface area contributed by atoms with E-state index in [1.54, 1.807) is 13.0 Å². The van der Waals surface area contributed by atoms with Crippen LogP contribution < -0.4 is 9.46 Å². The Bertz CT molecular complexity index is 1680. The first-order valence-corrected chi connectivity index (χ1v) is 18.1. The Hall–Kier alpha value is -3.66. The van der Waals surface area contributed by atoms with Crippen LogP contribution in [0.3, 0.4) is 0 Å². The van der Waals surface area contributed by atoms with Crippen molar-refractivity contribution in [1.29, 1.82) is 0 Å². The Morgan fingerprint density at radius 1 is 1.12 bits per heavy atom. The molecule has 0 spiro atoms. The number of halogens is 3. The Labute approximate surface area is 291 Å². The van der Waals surface area contributed by atoms with Crippen LogP contribution in [0.4, 0.5) is 18.9 Å². The maximum Gasteiger partial charge on any atom is 0.416 e. The number of hydrogen-bond acceptors (Lipinski definition) is 9. The summed E-state index contributed by atoms with van der Waals surface area (Å²) in [5.41, 5.74) is 0.453. The molecule has 0 bridgehead atoms. The van der Waals surface area contributed by atoms with Gasteiger partial charge < -0.3 is 24.0 Å². The smallest absolute Gasteiger partial charge is 0.416 e. The number of rotatable bonds is 9. The summed E-state index contributed by atoms with van der Waals surface area (Å²) in [6.07, 6.45) is -2.84. The summed E-state index contributed by atoms with van der Waals surface area (Å²) in [7, 11) is -2.25. The average Bonchev–Trinajstić information content (AvgIpc) is 3.40. The molecule has 4 atom stereocenters. The number of sulfonamides is 1. The topological polar surface area (TPSA) is 134 Å². The Morgan fingerprint density at radius 3 is 2.44 bits per heavy atom. The Morgan fingerprint density at radius 2 is 1.82 bits per heavy atom. The molecule has 2 aromatic carbocycles. The summed E-state index contributed by atoms with van der Waals surface area (Å²) in [5, 5.41) is 14.0. The Kier molecular flexibility index (Phi) is 13.0. The van der Waals surface area contributed by atoms with E-state index in [-0.39, 0.29) is 64.6 Å². The fourth-order valence-electron chi connectivity index (χ4n) is 6.00. The highest BCUT2D eigenvalue weighted by molar-refractivity contribution is 7.92. The fraction of sp³-hybridized carbons (Fsp3) is 0.543. The van der Waals surface area contributed by atoms with Crippen molar-refractivity contribution in [3.63, 3.8) is 0 Å². The summed E-state index contributed by atoms with van der Waals surface area (Å²) >= 11 is 0. The second kappa shape index (κ2) is 16.6. The van der Waals surface area contributed by atoms with Crippen molar-refractivity contribution in [1.82, 2.24) is 15.0 Å². The molecule has 0 saturated carbocycles. The molecule has 1 amide bonds. The molecule has 4 rings (SSSR count). The second-order valence-electron chi connectivity index (χ2n) is 13.2. The number of fused-ring (bicyclic) bond motifs is 1. The predicted molar refractivity (Wildman–Crippen MR) is 181 cm³/mol. The van der Waals surface area contributed by atoms with Crippen LogP contribution in [-0.4, -0.2) is 86.0 Å². The van der Waals surface area contributed by atoms with Gasteiger partial charge in [0.2, 0.25) is 0 Å². The molecular formula is C35H47F3N4O7S. The molecule has 0 saturated heterocycles. The molecule has 0 aliphatic carbocycles. The number of likely N-dealkylation sites (N-methyl/N-ethyl adjacent to an activating group) is 1. The van der Waals surface area contributed by atoms with E-state index in [1.165, 1.54) is 43.0 Å². The van der Waals surface area contributed by atoms with Crippen LogP contribution in [0.15, 0.2) is 51.9 Å². The molecule has 50 heavy (non-hydrogen) atoms. The van der Waals surface area contributed by atoms with Gasteiger partial charge in [-0.25, -0.2) is 8.42 Å². The van der Waals surface area contributed by atoms with E-state index in [9.17, 15) is 31.5 Å². The molecule has 0 radical (unpaired) electrons. The number of carbonyl (C=O) groups excluding carboxylic acids is 1. The number of aryl methyl sites for hydroxylation is 2. The molecule has 1 aromatic heterocycles. The van der Waals surface area contributed by atoms with Crippen LogP contribution in [0, 0.1) is 19.8 Å². The Balaban J connectivity index is 1.62. The first-order chi connectivity index (χ1) is 23.5. The van der Waals surface area contributed by atoms with Crippen molar-refractivity contribution in [3.8, 4) is 5.75 Å². The molecule has 11 nitrogen and oxygen atoms in total. The van der Waals surface area contributed by atoms with Crippen LogP contribution >= 0.6 is 0 Å². The third-order valence-electron chi connectivity index (χ3n) is 8.77. The molecule has 15 heteroatoms. The summed E-state index contributed by atoms with van der Waals surface area (Å²) in [6.45, 7) is 9.70. The number of nitrogens with zero attached hydrogens (tertiary/aromatic N) is 3. The number of aromatic nitrogens is 1. The minimum atomic E-state index is -4.41. The third kappa shape index (κ3) is 9.98. The molecular weight excluding hydrogens is 677 g/mol. The average molecular weight is 725 g/mol. The number of aliphatic hydroxyl groups excluding tert-OH is 1. The van der Waals surface area contributed by atoms with E-state index < -0.39 is 33.7 Å². The van der Waals surface area contributed by atoms with E-state index in [0.717, 1.165) is 25.0 Å². The van der Waals surface area contributed by atoms with Crippen molar-refractivity contribution in [3.05, 3.63) is 70.6 Å². The largest absolute Gasteiger partial charge is 0.490 e. The first-order valence-electron chi connectivity index (χ1n) is 16.6. The third-order valence-corrected chi connectivity index (χ3v) is 10.4. The number of amides is 1. The van der Waals surface area contributed by atoms with E-state index in [0.29, 0.717) is 31.7 Å². The number of anilines is 1. The lowest BCUT2D eigenvalue weighted by Crippen LogP contribution is -2.47. The van der Waals surface area contributed by atoms with Gasteiger partial charge in [-0.2, -0.15) is 13.2 Å². The number of benzene rings is 2. The van der Waals surface area contributed by atoms with E-state index in [2.05, 4.69) is 9.88 Å². The minimum Gasteiger partial charge on any atom is -0.490 e.